The minimum atomic E-state index is -0.453. The van der Waals surface area contributed by atoms with Crippen LogP contribution in [0.3, 0.4) is 0 Å². The number of hydrogen-bond acceptors (Lipinski definition) is 4. The van der Waals surface area contributed by atoms with Gasteiger partial charge in [-0.3, -0.25) is 0 Å². The van der Waals surface area contributed by atoms with Gasteiger partial charge in [0.05, 0.1) is 18.7 Å². The van der Waals surface area contributed by atoms with Crippen LogP contribution < -0.4 is 5.32 Å². The van der Waals surface area contributed by atoms with Gasteiger partial charge in [0.25, 0.3) is 0 Å². The Balaban J connectivity index is 1.82. The van der Waals surface area contributed by atoms with Crippen LogP contribution in [0.15, 0.2) is 0 Å². The van der Waals surface area contributed by atoms with Gasteiger partial charge in [0.1, 0.15) is 5.60 Å². The topological polar surface area (TPSA) is 50.8 Å². The van der Waals surface area contributed by atoms with E-state index in [2.05, 4.69) is 5.32 Å². The fraction of sp³-hybridized carbons (Fsp3) is 0.944. The van der Waals surface area contributed by atoms with Crippen molar-refractivity contribution in [2.45, 2.75) is 77.0 Å². The van der Waals surface area contributed by atoms with E-state index in [1.807, 2.05) is 20.8 Å². The van der Waals surface area contributed by atoms with E-state index in [0.29, 0.717) is 13.1 Å². The zero-order valence-corrected chi connectivity index (χ0v) is 15.3. The zero-order chi connectivity index (χ0) is 16.9. The van der Waals surface area contributed by atoms with E-state index in [1.54, 1.807) is 12.0 Å². The van der Waals surface area contributed by atoms with Gasteiger partial charge in [-0.25, -0.2) is 4.79 Å². The third-order valence-electron chi connectivity index (χ3n) is 4.86. The molecule has 2 aliphatic rings. The van der Waals surface area contributed by atoms with Crippen molar-refractivity contribution in [1.29, 1.82) is 0 Å². The molecule has 2 fully saturated rings. The number of nitrogens with one attached hydrogen (secondary N) is 1. The number of carbonyl (C=O) groups is 1. The average molecular weight is 326 g/mol. The molecule has 1 saturated carbocycles. The predicted molar refractivity (Wildman–Crippen MR) is 91.6 cm³/mol. The van der Waals surface area contributed by atoms with Gasteiger partial charge < -0.3 is 19.7 Å². The van der Waals surface area contributed by atoms with E-state index in [0.717, 1.165) is 12.5 Å². The van der Waals surface area contributed by atoms with E-state index in [1.165, 1.54) is 38.5 Å². The fourth-order valence-corrected chi connectivity index (χ4v) is 3.57. The molecule has 1 aliphatic carbocycles. The Hall–Kier alpha value is -0.810. The maximum absolute atomic E-state index is 12.2. The minimum absolute atomic E-state index is 0.0493. The fourth-order valence-electron chi connectivity index (χ4n) is 3.57. The normalized spacial score (nSPS) is 27.0. The monoisotopic (exact) mass is 326 g/mol. The molecule has 23 heavy (non-hydrogen) atoms. The van der Waals surface area contributed by atoms with Gasteiger partial charge in [-0.1, -0.05) is 25.7 Å². The molecule has 5 nitrogen and oxygen atoms in total. The van der Waals surface area contributed by atoms with Gasteiger partial charge in [0, 0.05) is 13.7 Å². The molecule has 1 heterocycles. The van der Waals surface area contributed by atoms with E-state index < -0.39 is 5.60 Å². The van der Waals surface area contributed by atoms with Crippen LogP contribution in [0.1, 0.15) is 59.3 Å². The smallest absolute Gasteiger partial charge is 0.410 e. The van der Waals surface area contributed by atoms with E-state index in [9.17, 15) is 4.79 Å². The first-order chi connectivity index (χ1) is 10.9. The van der Waals surface area contributed by atoms with E-state index in [4.69, 9.17) is 9.47 Å². The molecule has 1 unspecified atom stereocenters. The molecule has 0 aromatic heterocycles. The van der Waals surface area contributed by atoms with Gasteiger partial charge in [-0.2, -0.15) is 0 Å². The Bertz CT molecular complexity index is 373. The number of nitrogens with zero attached hydrogens (tertiary/aromatic N) is 1. The van der Waals surface area contributed by atoms with Crippen LogP contribution in [0, 0.1) is 5.92 Å². The highest BCUT2D eigenvalue weighted by molar-refractivity contribution is 5.68. The quantitative estimate of drug-likeness (QED) is 0.806. The summed E-state index contributed by atoms with van der Waals surface area (Å²) in [5.41, 5.74) is -0.453. The summed E-state index contributed by atoms with van der Waals surface area (Å²) in [7, 11) is 1.73. The van der Waals surface area contributed by atoms with Crippen molar-refractivity contribution in [1.82, 2.24) is 10.2 Å². The second kappa shape index (κ2) is 8.34. The number of amides is 1. The van der Waals surface area contributed by atoms with Crippen LogP contribution in [0.25, 0.3) is 0 Å². The lowest BCUT2D eigenvalue weighted by Crippen LogP contribution is -2.42. The first-order valence-electron chi connectivity index (χ1n) is 9.13. The molecule has 2 atom stereocenters. The minimum Gasteiger partial charge on any atom is -0.444 e. The summed E-state index contributed by atoms with van der Waals surface area (Å²) in [5.74, 6) is 0.769. The van der Waals surface area contributed by atoms with Gasteiger partial charge >= 0.3 is 6.09 Å². The summed E-state index contributed by atoms with van der Waals surface area (Å²) < 4.78 is 11.1. The van der Waals surface area contributed by atoms with Gasteiger partial charge in [0.15, 0.2) is 0 Å². The molecule has 0 radical (unpaired) electrons. The second-order valence-corrected chi connectivity index (χ2v) is 8.03. The zero-order valence-electron chi connectivity index (χ0n) is 15.3. The van der Waals surface area contributed by atoms with Crippen LogP contribution >= 0.6 is 0 Å². The largest absolute Gasteiger partial charge is 0.444 e. The SMILES string of the molecule is CO[C@H]1CN(C(=O)OC(C)(C)C)CC1NCC1CCCCCC1. The summed E-state index contributed by atoms with van der Waals surface area (Å²) in [6, 6.07) is 0.204. The Morgan fingerprint density at radius 3 is 2.35 bits per heavy atom. The molecule has 5 heteroatoms. The van der Waals surface area contributed by atoms with Gasteiger partial charge in [-0.15, -0.1) is 0 Å². The van der Waals surface area contributed by atoms with Crippen molar-refractivity contribution in [2.24, 2.45) is 5.92 Å². The summed E-state index contributed by atoms with van der Waals surface area (Å²) in [6.45, 7) is 8.00. The molecular formula is C18H34N2O3. The van der Waals surface area contributed by atoms with E-state index >= 15 is 0 Å². The molecule has 0 bridgehead atoms. The number of likely N-dealkylation sites (tertiary alicyclic amines) is 1. The van der Waals surface area contributed by atoms with E-state index in [-0.39, 0.29) is 18.2 Å². The number of carbonyl (C=O) groups excluding carboxylic acids is 1. The lowest BCUT2D eigenvalue weighted by Gasteiger charge is -2.24. The molecule has 2 rings (SSSR count). The van der Waals surface area contributed by atoms with Crippen molar-refractivity contribution in [3.8, 4) is 0 Å². The highest BCUT2D eigenvalue weighted by Gasteiger charge is 2.37. The molecule has 1 N–H and O–H groups in total. The summed E-state index contributed by atoms with van der Waals surface area (Å²) in [4.78, 5) is 14.0. The van der Waals surface area contributed by atoms with Crippen LogP contribution in [0.2, 0.25) is 0 Å². The van der Waals surface area contributed by atoms with Crippen LogP contribution in [0.4, 0.5) is 4.79 Å². The maximum atomic E-state index is 12.2. The van der Waals surface area contributed by atoms with Crippen LogP contribution in [-0.2, 0) is 9.47 Å². The molecule has 1 saturated heterocycles. The first kappa shape index (κ1) is 18.5. The van der Waals surface area contributed by atoms with Crippen LogP contribution in [0.5, 0.6) is 0 Å². The van der Waals surface area contributed by atoms with Gasteiger partial charge in [-0.05, 0) is 46.1 Å². The van der Waals surface area contributed by atoms with Crippen molar-refractivity contribution < 1.29 is 14.3 Å². The Labute approximate surface area is 141 Å². The number of methoxy groups -OCH3 is 1. The lowest BCUT2D eigenvalue weighted by atomic mass is 10.00. The average Bonchev–Trinajstić information content (AvgIpc) is 2.71. The molecule has 0 spiro atoms. The Morgan fingerprint density at radius 1 is 1.13 bits per heavy atom. The molecular weight excluding hydrogens is 292 g/mol. The van der Waals surface area contributed by atoms with Gasteiger partial charge in [0.2, 0.25) is 0 Å². The lowest BCUT2D eigenvalue weighted by molar-refractivity contribution is 0.0252. The number of hydrogen-bond donors (Lipinski definition) is 1. The first-order valence-corrected chi connectivity index (χ1v) is 9.13. The van der Waals surface area contributed by atoms with Crippen molar-refractivity contribution in [3.63, 3.8) is 0 Å². The van der Waals surface area contributed by atoms with Crippen molar-refractivity contribution >= 4 is 6.09 Å². The molecule has 1 aliphatic heterocycles. The number of rotatable bonds is 4. The number of ether oxygens (including phenoxy) is 2. The van der Waals surface area contributed by atoms with Crippen LogP contribution in [-0.4, -0.2) is 55.5 Å². The molecule has 0 aromatic rings. The summed E-state index contributed by atoms with van der Waals surface area (Å²) in [6.07, 6.45) is 7.94. The molecule has 134 valence electrons. The highest BCUT2D eigenvalue weighted by atomic mass is 16.6. The third-order valence-corrected chi connectivity index (χ3v) is 4.86. The predicted octanol–water partition coefficient (Wildman–Crippen LogP) is 3.18. The highest BCUT2D eigenvalue weighted by Crippen LogP contribution is 2.23. The van der Waals surface area contributed by atoms with Crippen molar-refractivity contribution in [3.05, 3.63) is 0 Å². The Kier molecular flexibility index (Phi) is 6.72. The molecule has 1 amide bonds. The Morgan fingerprint density at radius 2 is 1.78 bits per heavy atom. The second-order valence-electron chi connectivity index (χ2n) is 8.03. The molecule has 0 aromatic carbocycles. The van der Waals surface area contributed by atoms with Crippen molar-refractivity contribution in [2.75, 3.05) is 26.7 Å². The third kappa shape index (κ3) is 5.96. The summed E-state index contributed by atoms with van der Waals surface area (Å²) >= 11 is 0. The summed E-state index contributed by atoms with van der Waals surface area (Å²) in [5, 5.41) is 3.65. The standard InChI is InChI=1S/C18H34N2O3/c1-18(2,3)23-17(21)20-12-15(16(13-20)22-4)19-11-14-9-7-5-6-8-10-14/h14-16,19H,5-13H2,1-4H3/t15?,16-/m0/s1. The maximum Gasteiger partial charge on any atom is 0.410 e.